The van der Waals surface area contributed by atoms with Crippen LogP contribution in [0.2, 0.25) is 0 Å². The number of carbonyl (C=O) groups excluding carboxylic acids is 2. The highest BCUT2D eigenvalue weighted by atomic mass is 16.5. The van der Waals surface area contributed by atoms with E-state index >= 15 is 0 Å². The highest BCUT2D eigenvalue weighted by molar-refractivity contribution is 5.94. The van der Waals surface area contributed by atoms with E-state index in [9.17, 15) is 9.59 Å². The predicted octanol–water partition coefficient (Wildman–Crippen LogP) is 1.99. The van der Waals surface area contributed by atoms with Gasteiger partial charge in [-0.3, -0.25) is 9.59 Å². The number of hydrogen-bond donors (Lipinski definition) is 1. The van der Waals surface area contributed by atoms with Crippen molar-refractivity contribution in [2.75, 3.05) is 27.8 Å². The van der Waals surface area contributed by atoms with Gasteiger partial charge in [-0.2, -0.15) is 0 Å². The third-order valence-electron chi connectivity index (χ3n) is 3.82. The Morgan fingerprint density at radius 1 is 1.20 bits per heavy atom. The van der Waals surface area contributed by atoms with Gasteiger partial charge in [0, 0.05) is 13.6 Å². The maximum atomic E-state index is 12.2. The second-order valence-electron chi connectivity index (χ2n) is 5.54. The maximum Gasteiger partial charge on any atom is 0.287 e. The van der Waals surface area contributed by atoms with E-state index in [1.165, 1.54) is 17.2 Å². The molecule has 1 N–H and O–H groups in total. The van der Waals surface area contributed by atoms with Gasteiger partial charge in [-0.25, -0.2) is 0 Å². The molecular formula is C18H22N2O5. The third kappa shape index (κ3) is 4.53. The van der Waals surface area contributed by atoms with Gasteiger partial charge in [0.2, 0.25) is 5.91 Å². The summed E-state index contributed by atoms with van der Waals surface area (Å²) in [4.78, 5) is 25.6. The molecule has 134 valence electrons. The molecule has 2 rings (SSSR count). The van der Waals surface area contributed by atoms with E-state index in [-0.39, 0.29) is 18.2 Å². The monoisotopic (exact) mass is 346 g/mol. The van der Waals surface area contributed by atoms with E-state index in [2.05, 4.69) is 5.32 Å². The number of amides is 2. The van der Waals surface area contributed by atoms with Gasteiger partial charge in [-0.05, 0) is 42.3 Å². The molecule has 1 heterocycles. The molecule has 0 bridgehead atoms. The molecule has 0 radical (unpaired) electrons. The minimum Gasteiger partial charge on any atom is -0.493 e. The van der Waals surface area contributed by atoms with Crippen molar-refractivity contribution in [3.63, 3.8) is 0 Å². The van der Waals surface area contributed by atoms with Gasteiger partial charge < -0.3 is 24.1 Å². The lowest BCUT2D eigenvalue weighted by Crippen LogP contribution is -2.37. The molecule has 0 saturated carbocycles. The average Bonchev–Trinajstić information content (AvgIpc) is 3.15. The molecule has 0 aliphatic carbocycles. The van der Waals surface area contributed by atoms with Crippen LogP contribution in [0.5, 0.6) is 11.5 Å². The fourth-order valence-electron chi connectivity index (χ4n) is 2.32. The molecule has 0 aliphatic rings. The van der Waals surface area contributed by atoms with Crippen LogP contribution < -0.4 is 14.8 Å². The number of ether oxygens (including phenoxy) is 2. The highest BCUT2D eigenvalue weighted by Gasteiger charge is 2.15. The Bertz CT molecular complexity index is 740. The molecule has 0 fully saturated rings. The summed E-state index contributed by atoms with van der Waals surface area (Å²) in [6, 6.07) is 6.86. The van der Waals surface area contributed by atoms with Crippen molar-refractivity contribution in [1.29, 1.82) is 0 Å². The number of aryl methyl sites for hydroxylation is 1. The van der Waals surface area contributed by atoms with Crippen LogP contribution in [-0.2, 0) is 11.3 Å². The number of likely N-dealkylation sites (N-methyl/N-ethyl adjacent to an activating group) is 1. The quantitative estimate of drug-likeness (QED) is 0.829. The predicted molar refractivity (Wildman–Crippen MR) is 91.8 cm³/mol. The number of benzene rings is 1. The first-order valence-electron chi connectivity index (χ1n) is 7.73. The normalized spacial score (nSPS) is 10.2. The fourth-order valence-corrected chi connectivity index (χ4v) is 2.32. The number of carbonyl (C=O) groups is 2. The van der Waals surface area contributed by atoms with E-state index in [4.69, 9.17) is 13.9 Å². The van der Waals surface area contributed by atoms with Crippen molar-refractivity contribution in [3.8, 4) is 11.5 Å². The van der Waals surface area contributed by atoms with E-state index in [0.717, 1.165) is 11.1 Å². The van der Waals surface area contributed by atoms with E-state index < -0.39 is 5.91 Å². The summed E-state index contributed by atoms with van der Waals surface area (Å²) < 4.78 is 15.5. The summed E-state index contributed by atoms with van der Waals surface area (Å²) in [6.07, 6.45) is 1.41. The molecule has 7 heteroatoms. The summed E-state index contributed by atoms with van der Waals surface area (Å²) in [7, 11) is 4.82. The van der Waals surface area contributed by atoms with E-state index in [0.29, 0.717) is 18.0 Å². The Hall–Kier alpha value is -2.96. The zero-order valence-electron chi connectivity index (χ0n) is 14.8. The standard InChI is InChI=1S/C18H22N2O5/c1-12-8-15(23-3)16(24-4)9-13(12)11-20(2)17(21)10-19-18(22)14-6-5-7-25-14/h5-9H,10-11H2,1-4H3,(H,19,22). The highest BCUT2D eigenvalue weighted by Crippen LogP contribution is 2.30. The van der Waals surface area contributed by atoms with Gasteiger partial charge in [0.25, 0.3) is 5.91 Å². The molecule has 0 unspecified atom stereocenters. The molecule has 7 nitrogen and oxygen atoms in total. The molecule has 1 aromatic heterocycles. The summed E-state index contributed by atoms with van der Waals surface area (Å²) in [6.45, 7) is 2.22. The molecule has 0 atom stereocenters. The molecule has 0 aliphatic heterocycles. The first kappa shape index (κ1) is 18.4. The number of methoxy groups -OCH3 is 2. The van der Waals surface area contributed by atoms with Crippen LogP contribution in [-0.4, -0.2) is 44.5 Å². The van der Waals surface area contributed by atoms with Crippen molar-refractivity contribution in [3.05, 3.63) is 47.4 Å². The van der Waals surface area contributed by atoms with Gasteiger partial charge in [-0.15, -0.1) is 0 Å². The van der Waals surface area contributed by atoms with Crippen molar-refractivity contribution < 1.29 is 23.5 Å². The molecule has 2 amide bonds. The van der Waals surface area contributed by atoms with Crippen molar-refractivity contribution >= 4 is 11.8 Å². The lowest BCUT2D eigenvalue weighted by Gasteiger charge is -2.20. The van der Waals surface area contributed by atoms with Crippen LogP contribution in [0.25, 0.3) is 0 Å². The van der Waals surface area contributed by atoms with Crippen LogP contribution >= 0.6 is 0 Å². The average molecular weight is 346 g/mol. The summed E-state index contributed by atoms with van der Waals surface area (Å²) in [5.41, 5.74) is 1.92. The second-order valence-corrected chi connectivity index (χ2v) is 5.54. The summed E-state index contributed by atoms with van der Waals surface area (Å²) in [5, 5.41) is 2.54. The maximum absolute atomic E-state index is 12.2. The Morgan fingerprint density at radius 3 is 2.48 bits per heavy atom. The minimum absolute atomic E-state index is 0.109. The molecule has 25 heavy (non-hydrogen) atoms. The van der Waals surface area contributed by atoms with Gasteiger partial charge in [-0.1, -0.05) is 0 Å². The first-order valence-corrected chi connectivity index (χ1v) is 7.73. The van der Waals surface area contributed by atoms with Gasteiger partial charge in [0.05, 0.1) is 27.0 Å². The SMILES string of the molecule is COc1cc(C)c(CN(C)C(=O)CNC(=O)c2ccco2)cc1OC. The molecular weight excluding hydrogens is 324 g/mol. The first-order chi connectivity index (χ1) is 12.0. The van der Waals surface area contributed by atoms with Gasteiger partial charge in [0.1, 0.15) is 0 Å². The number of nitrogens with zero attached hydrogens (tertiary/aromatic N) is 1. The Kier molecular flexibility index (Phi) is 6.05. The van der Waals surface area contributed by atoms with Crippen LogP contribution in [0.1, 0.15) is 21.7 Å². The number of hydrogen-bond acceptors (Lipinski definition) is 5. The fraction of sp³-hybridized carbons (Fsp3) is 0.333. The summed E-state index contributed by atoms with van der Waals surface area (Å²) in [5.74, 6) is 0.785. The molecule has 0 spiro atoms. The largest absolute Gasteiger partial charge is 0.493 e. The topological polar surface area (TPSA) is 81.0 Å². The Labute approximate surface area is 146 Å². The van der Waals surface area contributed by atoms with Crippen LogP contribution in [0.15, 0.2) is 34.9 Å². The second kappa shape index (κ2) is 8.23. The number of furan rings is 1. The van der Waals surface area contributed by atoms with Crippen molar-refractivity contribution in [2.45, 2.75) is 13.5 Å². The third-order valence-corrected chi connectivity index (χ3v) is 3.82. The minimum atomic E-state index is -0.422. The number of rotatable bonds is 7. The zero-order valence-corrected chi connectivity index (χ0v) is 14.8. The molecule has 1 aromatic carbocycles. The lowest BCUT2D eigenvalue weighted by atomic mass is 10.1. The van der Waals surface area contributed by atoms with Crippen LogP contribution in [0.4, 0.5) is 0 Å². The Morgan fingerprint density at radius 2 is 1.88 bits per heavy atom. The van der Waals surface area contributed by atoms with Gasteiger partial charge >= 0.3 is 0 Å². The number of nitrogens with one attached hydrogen (secondary N) is 1. The smallest absolute Gasteiger partial charge is 0.287 e. The lowest BCUT2D eigenvalue weighted by molar-refractivity contribution is -0.129. The summed E-state index contributed by atoms with van der Waals surface area (Å²) >= 11 is 0. The Balaban J connectivity index is 1.97. The van der Waals surface area contributed by atoms with Gasteiger partial charge in [0.15, 0.2) is 17.3 Å². The van der Waals surface area contributed by atoms with E-state index in [1.54, 1.807) is 27.3 Å². The van der Waals surface area contributed by atoms with Crippen molar-refractivity contribution in [2.24, 2.45) is 0 Å². The van der Waals surface area contributed by atoms with Crippen LogP contribution in [0, 0.1) is 6.92 Å². The van der Waals surface area contributed by atoms with Crippen molar-refractivity contribution in [1.82, 2.24) is 10.2 Å². The van der Waals surface area contributed by atoms with Crippen LogP contribution in [0.3, 0.4) is 0 Å². The van der Waals surface area contributed by atoms with E-state index in [1.807, 2.05) is 19.1 Å². The zero-order chi connectivity index (χ0) is 18.4. The molecule has 2 aromatic rings. The molecule has 0 saturated heterocycles.